The number of piperazine rings is 1. The Labute approximate surface area is 237 Å². The number of fused-ring (bicyclic) bond motifs is 2. The lowest BCUT2D eigenvalue weighted by Gasteiger charge is -2.43. The monoisotopic (exact) mass is 565 g/mol. The Hall–Kier alpha value is -3.69. The first kappa shape index (κ1) is 27.9. The van der Waals surface area contributed by atoms with Gasteiger partial charge < -0.3 is 24.5 Å². The number of hydrogen-bond donors (Lipinski definition) is 1. The fraction of sp³-hybridized carbons (Fsp3) is 0.367. The fourth-order valence-corrected chi connectivity index (χ4v) is 5.63. The van der Waals surface area contributed by atoms with E-state index in [0.29, 0.717) is 36.5 Å². The molecule has 1 aromatic heterocycles. The Morgan fingerprint density at radius 1 is 1.12 bits per heavy atom. The highest BCUT2D eigenvalue weighted by molar-refractivity contribution is 6.35. The SMILES string of the molecule is C[C@@H]1CN(c2nc(OCCCN(C)C)nc3c(F)c(-c4cc(O)cc5ccccc45)c(Cl)cc23)[C@@H](C)CN1C=O. The Bertz CT molecular complexity index is 1570. The van der Waals surface area contributed by atoms with E-state index in [9.17, 15) is 9.90 Å². The Balaban J connectivity index is 1.69. The second-order valence-corrected chi connectivity index (χ2v) is 11.1. The third kappa shape index (κ3) is 5.36. The number of amides is 1. The maximum atomic E-state index is 16.6. The molecule has 1 N–H and O–H groups in total. The average molecular weight is 566 g/mol. The lowest BCUT2D eigenvalue weighted by atomic mass is 9.96. The van der Waals surface area contributed by atoms with Crippen molar-refractivity contribution < 1.29 is 19.0 Å². The van der Waals surface area contributed by atoms with Crippen LogP contribution in [0.25, 0.3) is 32.8 Å². The summed E-state index contributed by atoms with van der Waals surface area (Å²) in [5.41, 5.74) is 0.698. The minimum Gasteiger partial charge on any atom is -0.508 e. The lowest BCUT2D eigenvalue weighted by Crippen LogP contribution is -2.56. The second kappa shape index (κ2) is 11.4. The molecule has 0 spiro atoms. The van der Waals surface area contributed by atoms with Gasteiger partial charge in [0.15, 0.2) is 5.82 Å². The second-order valence-electron chi connectivity index (χ2n) is 10.6. The molecule has 1 saturated heterocycles. The topological polar surface area (TPSA) is 82.0 Å². The molecule has 2 atom stereocenters. The van der Waals surface area contributed by atoms with E-state index >= 15 is 4.39 Å². The summed E-state index contributed by atoms with van der Waals surface area (Å²) >= 11 is 6.80. The van der Waals surface area contributed by atoms with E-state index < -0.39 is 5.82 Å². The zero-order valence-electron chi connectivity index (χ0n) is 23.1. The highest BCUT2D eigenvalue weighted by atomic mass is 35.5. The van der Waals surface area contributed by atoms with Crippen LogP contribution in [0, 0.1) is 5.82 Å². The molecule has 5 rings (SSSR count). The van der Waals surface area contributed by atoms with Gasteiger partial charge in [0.05, 0.1) is 11.6 Å². The molecule has 1 aliphatic heterocycles. The van der Waals surface area contributed by atoms with Crippen molar-refractivity contribution in [3.8, 4) is 22.9 Å². The van der Waals surface area contributed by atoms with E-state index in [1.165, 1.54) is 6.07 Å². The largest absolute Gasteiger partial charge is 0.508 e. The number of nitrogens with zero attached hydrogens (tertiary/aromatic N) is 5. The number of carbonyl (C=O) groups excluding carboxylic acids is 1. The number of aromatic nitrogens is 2. The van der Waals surface area contributed by atoms with Crippen molar-refractivity contribution in [3.05, 3.63) is 53.3 Å². The molecule has 10 heteroatoms. The van der Waals surface area contributed by atoms with Crippen LogP contribution >= 0.6 is 11.6 Å². The van der Waals surface area contributed by atoms with E-state index in [2.05, 4.69) is 14.8 Å². The highest BCUT2D eigenvalue weighted by Gasteiger charge is 2.32. The number of halogens is 2. The predicted octanol–water partition coefficient (Wildman–Crippen LogP) is 5.33. The molecule has 0 saturated carbocycles. The molecule has 3 aromatic carbocycles. The minimum atomic E-state index is -0.618. The number of phenolic OH excluding ortho intramolecular Hbond substituents is 1. The van der Waals surface area contributed by atoms with Gasteiger partial charge in [-0.1, -0.05) is 35.9 Å². The van der Waals surface area contributed by atoms with Crippen molar-refractivity contribution >= 4 is 45.5 Å². The molecule has 8 nitrogen and oxygen atoms in total. The maximum absolute atomic E-state index is 16.6. The number of hydrogen-bond acceptors (Lipinski definition) is 7. The number of ether oxygens (including phenoxy) is 1. The summed E-state index contributed by atoms with van der Waals surface area (Å²) in [6, 6.07) is 12.2. The first-order chi connectivity index (χ1) is 19.2. The summed E-state index contributed by atoms with van der Waals surface area (Å²) in [5.74, 6) is -0.105. The zero-order chi connectivity index (χ0) is 28.6. The fourth-order valence-electron chi connectivity index (χ4n) is 5.33. The lowest BCUT2D eigenvalue weighted by molar-refractivity contribution is -0.120. The summed E-state index contributed by atoms with van der Waals surface area (Å²) in [4.78, 5) is 26.7. The van der Waals surface area contributed by atoms with Crippen molar-refractivity contribution in [2.24, 2.45) is 0 Å². The van der Waals surface area contributed by atoms with Gasteiger partial charge in [0, 0.05) is 42.7 Å². The van der Waals surface area contributed by atoms with Crippen molar-refractivity contribution in [2.75, 3.05) is 45.2 Å². The number of rotatable bonds is 8. The molecule has 1 amide bonds. The molecule has 1 aliphatic rings. The molecule has 4 aromatic rings. The predicted molar refractivity (Wildman–Crippen MR) is 157 cm³/mol. The van der Waals surface area contributed by atoms with Gasteiger partial charge in [0.25, 0.3) is 0 Å². The summed E-state index contributed by atoms with van der Waals surface area (Å²) in [5, 5.41) is 12.6. The molecule has 0 aliphatic carbocycles. The third-order valence-electron chi connectivity index (χ3n) is 7.38. The number of anilines is 1. The number of aromatic hydroxyl groups is 1. The first-order valence-electron chi connectivity index (χ1n) is 13.3. The van der Waals surface area contributed by atoms with Crippen molar-refractivity contribution in [2.45, 2.75) is 32.4 Å². The molecule has 0 radical (unpaired) electrons. The van der Waals surface area contributed by atoms with Crippen molar-refractivity contribution in [1.82, 2.24) is 19.8 Å². The number of carbonyl (C=O) groups is 1. The van der Waals surface area contributed by atoms with Gasteiger partial charge in [0.1, 0.15) is 17.1 Å². The third-order valence-corrected chi connectivity index (χ3v) is 7.68. The maximum Gasteiger partial charge on any atom is 0.319 e. The van der Waals surface area contributed by atoms with E-state index in [1.807, 2.05) is 52.2 Å². The normalized spacial score (nSPS) is 17.7. The van der Waals surface area contributed by atoms with Crippen LogP contribution in [0.1, 0.15) is 20.3 Å². The number of benzene rings is 3. The number of phenols is 1. The van der Waals surface area contributed by atoms with E-state index in [1.54, 1.807) is 17.0 Å². The van der Waals surface area contributed by atoms with Crippen LogP contribution in [0.3, 0.4) is 0 Å². The molecule has 0 unspecified atom stereocenters. The van der Waals surface area contributed by atoms with Gasteiger partial charge in [-0.25, -0.2) is 4.39 Å². The van der Waals surface area contributed by atoms with Gasteiger partial charge >= 0.3 is 6.01 Å². The quantitative estimate of drug-likeness (QED) is 0.228. The summed E-state index contributed by atoms with van der Waals surface area (Å²) in [7, 11) is 3.97. The Morgan fingerprint density at radius 2 is 1.90 bits per heavy atom. The van der Waals surface area contributed by atoms with Crippen LogP contribution in [0.4, 0.5) is 10.2 Å². The van der Waals surface area contributed by atoms with E-state index in [4.69, 9.17) is 21.3 Å². The van der Waals surface area contributed by atoms with Gasteiger partial charge in [-0.15, -0.1) is 0 Å². The van der Waals surface area contributed by atoms with E-state index in [-0.39, 0.29) is 39.9 Å². The molecule has 2 heterocycles. The Kier molecular flexibility index (Phi) is 7.96. The van der Waals surface area contributed by atoms with Gasteiger partial charge in [-0.2, -0.15) is 9.97 Å². The van der Waals surface area contributed by atoms with Crippen molar-refractivity contribution in [1.29, 1.82) is 0 Å². The van der Waals surface area contributed by atoms with Crippen LogP contribution in [-0.2, 0) is 4.79 Å². The minimum absolute atomic E-state index is 0.00779. The van der Waals surface area contributed by atoms with Gasteiger partial charge in [-0.3, -0.25) is 4.79 Å². The molecule has 210 valence electrons. The summed E-state index contributed by atoms with van der Waals surface area (Å²) in [6.45, 7) is 6.16. The first-order valence-corrected chi connectivity index (χ1v) is 13.7. The molecular formula is C30H33ClFN5O3. The van der Waals surface area contributed by atoms with Crippen LogP contribution in [0.5, 0.6) is 11.8 Å². The van der Waals surface area contributed by atoms with Crippen LogP contribution in [0.15, 0.2) is 42.5 Å². The molecule has 0 bridgehead atoms. The van der Waals surface area contributed by atoms with Gasteiger partial charge in [0.2, 0.25) is 6.41 Å². The summed E-state index contributed by atoms with van der Waals surface area (Å²) < 4.78 is 22.5. The van der Waals surface area contributed by atoms with E-state index in [0.717, 1.165) is 30.1 Å². The molecular weight excluding hydrogens is 533 g/mol. The highest BCUT2D eigenvalue weighted by Crippen LogP contribution is 2.42. The van der Waals surface area contributed by atoms with Crippen LogP contribution < -0.4 is 9.64 Å². The average Bonchev–Trinajstić information content (AvgIpc) is 2.92. The Morgan fingerprint density at radius 3 is 2.65 bits per heavy atom. The molecule has 1 fully saturated rings. The van der Waals surface area contributed by atoms with Crippen molar-refractivity contribution in [3.63, 3.8) is 0 Å². The smallest absolute Gasteiger partial charge is 0.319 e. The van der Waals surface area contributed by atoms with Crippen LogP contribution in [-0.4, -0.2) is 83.7 Å². The standard InChI is InChI=1S/C30H33ClFN5O3/c1-18-16-37(19(2)15-36(18)17-38)29-24-14-25(31)26(23-13-21(39)12-20-8-5-6-9-22(20)23)27(32)28(24)33-30(34-29)40-11-7-10-35(3)4/h5-6,8-9,12-14,17-19,39H,7,10-11,15-16H2,1-4H3/t18-,19+/m1/s1. The van der Waals surface area contributed by atoms with Gasteiger partial charge in [-0.05, 0) is 68.9 Å². The van der Waals surface area contributed by atoms with Crippen LogP contribution in [0.2, 0.25) is 5.02 Å². The summed E-state index contributed by atoms with van der Waals surface area (Å²) in [6.07, 6.45) is 1.61. The molecule has 40 heavy (non-hydrogen) atoms. The zero-order valence-corrected chi connectivity index (χ0v) is 23.8.